The van der Waals surface area contributed by atoms with Gasteiger partial charge in [0.25, 0.3) is 0 Å². The molecule has 0 atom stereocenters. The van der Waals surface area contributed by atoms with Gasteiger partial charge in [-0.25, -0.2) is 0 Å². The average molecular weight is 249 g/mol. The van der Waals surface area contributed by atoms with E-state index in [4.69, 9.17) is 11.6 Å². The fourth-order valence-electron chi connectivity index (χ4n) is 1.90. The predicted molar refractivity (Wildman–Crippen MR) is 66.9 cm³/mol. The van der Waals surface area contributed by atoms with E-state index in [9.17, 15) is 4.79 Å². The molecule has 1 saturated heterocycles. The van der Waals surface area contributed by atoms with Crippen LogP contribution in [-0.4, -0.2) is 48.1 Å². The predicted octanol–water partition coefficient (Wildman–Crippen LogP) is 1.86. The largest absolute Gasteiger partial charge is 0.342 e. The molecule has 15 heavy (non-hydrogen) atoms. The smallest absolute Gasteiger partial charge is 0.237 e. The minimum absolute atomic E-state index is 0.0502. The van der Waals surface area contributed by atoms with Gasteiger partial charge in [-0.15, -0.1) is 23.4 Å². The van der Waals surface area contributed by atoms with Crippen molar-refractivity contribution in [3.8, 4) is 0 Å². The van der Waals surface area contributed by atoms with Crippen LogP contribution < -0.4 is 0 Å². The molecule has 3 nitrogen and oxygen atoms in total. The highest BCUT2D eigenvalue weighted by atomic mass is 35.5. The van der Waals surface area contributed by atoms with E-state index in [0.29, 0.717) is 5.92 Å². The second-order valence-electron chi connectivity index (χ2n) is 3.55. The van der Waals surface area contributed by atoms with Gasteiger partial charge < -0.3 is 4.90 Å². The number of carbonyl (C=O) groups excluding carboxylic acids is 1. The summed E-state index contributed by atoms with van der Waals surface area (Å²) in [5, 5.41) is 1.20. The van der Waals surface area contributed by atoms with Gasteiger partial charge in [0, 0.05) is 26.1 Å². The summed E-state index contributed by atoms with van der Waals surface area (Å²) in [7, 11) is 1.84. The van der Waals surface area contributed by atoms with E-state index in [1.165, 1.54) is 5.04 Å². The lowest BCUT2D eigenvalue weighted by Crippen LogP contribution is -2.40. The monoisotopic (exact) mass is 248 g/mol. The normalized spacial score (nSPS) is 19.4. The number of thioether (sulfide) groups is 1. The maximum Gasteiger partial charge on any atom is 0.237 e. The standard InChI is InChI=1S/C10H17ClN2OS/c1-12-10(15-2)8-3-5-13(6-4-8)9(14)7-11/h8H,3-7H2,1-2H3/b12-10-. The Morgan fingerprint density at radius 3 is 2.53 bits per heavy atom. The van der Waals surface area contributed by atoms with Crippen LogP contribution in [0.25, 0.3) is 0 Å². The van der Waals surface area contributed by atoms with E-state index < -0.39 is 0 Å². The van der Waals surface area contributed by atoms with Crippen LogP contribution in [0.3, 0.4) is 0 Å². The summed E-state index contributed by atoms with van der Waals surface area (Å²) in [5.41, 5.74) is 0. The van der Waals surface area contributed by atoms with Crippen LogP contribution in [-0.2, 0) is 4.79 Å². The first-order valence-electron chi connectivity index (χ1n) is 5.07. The Bertz CT molecular complexity index is 250. The van der Waals surface area contributed by atoms with Crippen molar-refractivity contribution in [2.45, 2.75) is 12.8 Å². The van der Waals surface area contributed by atoms with E-state index in [0.717, 1.165) is 25.9 Å². The zero-order valence-electron chi connectivity index (χ0n) is 9.20. The van der Waals surface area contributed by atoms with Crippen molar-refractivity contribution >= 4 is 34.3 Å². The molecule has 0 aromatic rings. The van der Waals surface area contributed by atoms with Crippen molar-refractivity contribution in [3.05, 3.63) is 0 Å². The zero-order chi connectivity index (χ0) is 11.3. The van der Waals surface area contributed by atoms with Gasteiger partial charge in [-0.2, -0.15) is 0 Å². The average Bonchev–Trinajstić information content (AvgIpc) is 2.30. The highest BCUT2D eigenvalue weighted by molar-refractivity contribution is 8.13. The van der Waals surface area contributed by atoms with Gasteiger partial charge in [0.15, 0.2) is 0 Å². The van der Waals surface area contributed by atoms with Gasteiger partial charge in [0.1, 0.15) is 5.88 Å². The van der Waals surface area contributed by atoms with Gasteiger partial charge in [-0.1, -0.05) is 0 Å². The van der Waals surface area contributed by atoms with Crippen LogP contribution >= 0.6 is 23.4 Å². The van der Waals surface area contributed by atoms with Gasteiger partial charge in [-0.05, 0) is 19.1 Å². The SMILES string of the molecule is C/N=C(\SC)C1CCN(C(=O)CCl)CC1. The van der Waals surface area contributed by atoms with E-state index in [1.54, 1.807) is 11.8 Å². The second kappa shape index (κ2) is 6.38. The van der Waals surface area contributed by atoms with Crippen molar-refractivity contribution in [3.63, 3.8) is 0 Å². The Kier molecular flexibility index (Phi) is 5.47. The summed E-state index contributed by atoms with van der Waals surface area (Å²) in [5.74, 6) is 0.681. The number of nitrogens with zero attached hydrogens (tertiary/aromatic N) is 2. The van der Waals surface area contributed by atoms with Crippen molar-refractivity contribution in [2.24, 2.45) is 10.9 Å². The molecule has 1 aliphatic heterocycles. The molecular weight excluding hydrogens is 232 g/mol. The fraction of sp³-hybridized carbons (Fsp3) is 0.800. The number of aliphatic imine (C=N–C) groups is 1. The molecule has 0 aromatic heterocycles. The molecular formula is C10H17ClN2OS. The summed E-state index contributed by atoms with van der Waals surface area (Å²) < 4.78 is 0. The zero-order valence-corrected chi connectivity index (χ0v) is 10.8. The molecule has 0 N–H and O–H groups in total. The number of carbonyl (C=O) groups is 1. The summed E-state index contributed by atoms with van der Waals surface area (Å²) in [6.45, 7) is 1.63. The Hall–Kier alpha value is -0.220. The van der Waals surface area contributed by atoms with Gasteiger partial charge >= 0.3 is 0 Å². The highest BCUT2D eigenvalue weighted by Crippen LogP contribution is 2.23. The van der Waals surface area contributed by atoms with Crippen molar-refractivity contribution in [1.82, 2.24) is 4.90 Å². The number of alkyl halides is 1. The molecule has 1 fully saturated rings. The van der Waals surface area contributed by atoms with Crippen LogP contribution in [0.15, 0.2) is 4.99 Å². The van der Waals surface area contributed by atoms with Crippen LogP contribution in [0.2, 0.25) is 0 Å². The summed E-state index contributed by atoms with van der Waals surface area (Å²) in [4.78, 5) is 17.5. The molecule has 5 heteroatoms. The number of piperidine rings is 1. The Morgan fingerprint density at radius 1 is 1.53 bits per heavy atom. The van der Waals surface area contributed by atoms with Gasteiger partial charge in [0.05, 0.1) is 5.04 Å². The molecule has 0 spiro atoms. The molecule has 0 radical (unpaired) electrons. The van der Waals surface area contributed by atoms with Crippen molar-refractivity contribution < 1.29 is 4.79 Å². The number of likely N-dealkylation sites (tertiary alicyclic amines) is 1. The van der Waals surface area contributed by atoms with E-state index >= 15 is 0 Å². The number of halogens is 1. The molecule has 1 heterocycles. The number of rotatable bonds is 2. The number of amides is 1. The van der Waals surface area contributed by atoms with Gasteiger partial charge in [-0.3, -0.25) is 9.79 Å². The summed E-state index contributed by atoms with van der Waals surface area (Å²) in [6, 6.07) is 0. The van der Waals surface area contributed by atoms with Crippen molar-refractivity contribution in [1.29, 1.82) is 0 Å². The minimum atomic E-state index is 0.0502. The van der Waals surface area contributed by atoms with Crippen LogP contribution in [0, 0.1) is 5.92 Å². The Balaban J connectivity index is 2.45. The van der Waals surface area contributed by atoms with E-state index in [1.807, 2.05) is 11.9 Å². The van der Waals surface area contributed by atoms with Crippen LogP contribution in [0.4, 0.5) is 0 Å². The maximum atomic E-state index is 11.3. The van der Waals surface area contributed by atoms with E-state index in [2.05, 4.69) is 11.2 Å². The maximum absolute atomic E-state index is 11.3. The quantitative estimate of drug-likeness (QED) is 0.425. The third-order valence-electron chi connectivity index (χ3n) is 2.74. The number of hydrogen-bond donors (Lipinski definition) is 0. The molecule has 1 aliphatic rings. The molecule has 0 saturated carbocycles. The summed E-state index contributed by atoms with van der Waals surface area (Å²) in [6.07, 6.45) is 4.07. The summed E-state index contributed by atoms with van der Waals surface area (Å²) >= 11 is 7.23. The second-order valence-corrected chi connectivity index (χ2v) is 4.65. The first kappa shape index (κ1) is 12.8. The fourth-order valence-corrected chi connectivity index (χ4v) is 2.82. The third-order valence-corrected chi connectivity index (χ3v) is 3.90. The lowest BCUT2D eigenvalue weighted by Gasteiger charge is -2.31. The lowest BCUT2D eigenvalue weighted by molar-refractivity contribution is -0.129. The minimum Gasteiger partial charge on any atom is -0.342 e. The van der Waals surface area contributed by atoms with Crippen LogP contribution in [0.1, 0.15) is 12.8 Å². The molecule has 1 rings (SSSR count). The number of hydrogen-bond acceptors (Lipinski definition) is 3. The Morgan fingerprint density at radius 2 is 2.13 bits per heavy atom. The highest BCUT2D eigenvalue weighted by Gasteiger charge is 2.24. The lowest BCUT2D eigenvalue weighted by atomic mass is 9.98. The molecule has 1 amide bonds. The topological polar surface area (TPSA) is 32.7 Å². The van der Waals surface area contributed by atoms with Gasteiger partial charge in [0.2, 0.25) is 5.91 Å². The molecule has 0 bridgehead atoms. The Labute approximate surface area is 100 Å². The first-order chi connectivity index (χ1) is 7.22. The van der Waals surface area contributed by atoms with Crippen molar-refractivity contribution in [2.75, 3.05) is 32.3 Å². The molecule has 86 valence electrons. The molecule has 0 aromatic carbocycles. The molecule has 0 unspecified atom stereocenters. The van der Waals surface area contributed by atoms with E-state index in [-0.39, 0.29) is 11.8 Å². The molecule has 0 aliphatic carbocycles. The third kappa shape index (κ3) is 3.38. The van der Waals surface area contributed by atoms with Crippen LogP contribution in [0.5, 0.6) is 0 Å². The first-order valence-corrected chi connectivity index (χ1v) is 6.83.